The Morgan fingerprint density at radius 1 is 1.27 bits per heavy atom. The van der Waals surface area contributed by atoms with Crippen LogP contribution in [-0.4, -0.2) is 22.0 Å². The smallest absolute Gasteiger partial charge is 0.352 e. The van der Waals surface area contributed by atoms with E-state index in [-0.39, 0.29) is 24.1 Å². The van der Waals surface area contributed by atoms with Crippen molar-refractivity contribution in [1.29, 1.82) is 0 Å². The van der Waals surface area contributed by atoms with Gasteiger partial charge in [0.2, 0.25) is 5.91 Å². The van der Waals surface area contributed by atoms with Crippen molar-refractivity contribution >= 4 is 22.8 Å². The second-order valence-electron chi connectivity index (χ2n) is 6.16. The van der Waals surface area contributed by atoms with Gasteiger partial charge in [0, 0.05) is 29.4 Å². The Labute approximate surface area is 129 Å². The van der Waals surface area contributed by atoms with Gasteiger partial charge in [-0.25, -0.2) is 4.79 Å². The number of carboxylic acids is 1. The normalized spacial score (nSPS) is 11.1. The first-order chi connectivity index (χ1) is 10.3. The fourth-order valence-corrected chi connectivity index (χ4v) is 2.79. The molecule has 5 heteroatoms. The maximum Gasteiger partial charge on any atom is 0.352 e. The molecule has 1 amide bonds. The third-order valence-corrected chi connectivity index (χ3v) is 3.61. The molecule has 22 heavy (non-hydrogen) atoms. The fourth-order valence-electron chi connectivity index (χ4n) is 2.79. The Kier molecular flexibility index (Phi) is 4.54. The summed E-state index contributed by atoms with van der Waals surface area (Å²) in [5, 5.41) is 13.1. The van der Waals surface area contributed by atoms with Gasteiger partial charge in [-0.2, -0.15) is 0 Å². The number of fused-ring (bicyclic) bond motifs is 1. The van der Waals surface area contributed by atoms with Crippen LogP contribution in [0.2, 0.25) is 0 Å². The lowest BCUT2D eigenvalue weighted by molar-refractivity contribution is -0.121. The quantitative estimate of drug-likeness (QED) is 0.793. The number of rotatable bonds is 5. The van der Waals surface area contributed by atoms with Gasteiger partial charge in [-0.1, -0.05) is 19.9 Å². The zero-order valence-electron chi connectivity index (χ0n) is 13.4. The lowest BCUT2D eigenvalue weighted by Gasteiger charge is -2.08. The van der Waals surface area contributed by atoms with Crippen molar-refractivity contribution < 1.29 is 14.7 Å². The number of carbonyl (C=O) groups excluding carboxylic acids is 1. The summed E-state index contributed by atoms with van der Waals surface area (Å²) < 4.78 is 0. The van der Waals surface area contributed by atoms with E-state index in [0.29, 0.717) is 12.0 Å². The van der Waals surface area contributed by atoms with E-state index in [4.69, 9.17) is 0 Å². The van der Waals surface area contributed by atoms with Gasteiger partial charge in [0.15, 0.2) is 0 Å². The van der Waals surface area contributed by atoms with Gasteiger partial charge in [0.05, 0.1) is 0 Å². The molecule has 0 aliphatic rings. The first-order valence-corrected chi connectivity index (χ1v) is 7.41. The number of hydrogen-bond acceptors (Lipinski definition) is 2. The lowest BCUT2D eigenvalue weighted by Crippen LogP contribution is -2.24. The molecular formula is C17H22N2O3. The lowest BCUT2D eigenvalue weighted by atomic mass is 10.0. The number of hydrogen-bond donors (Lipinski definition) is 3. The molecule has 0 spiro atoms. The molecule has 0 fully saturated rings. The Hall–Kier alpha value is -2.30. The Bertz CT molecular complexity index is 729. The minimum absolute atomic E-state index is 0.0644. The number of aromatic carboxylic acids is 1. The molecule has 5 nitrogen and oxygen atoms in total. The molecule has 0 saturated carbocycles. The summed E-state index contributed by atoms with van der Waals surface area (Å²) >= 11 is 0. The second-order valence-corrected chi connectivity index (χ2v) is 6.16. The number of carbonyl (C=O) groups is 2. The van der Waals surface area contributed by atoms with Gasteiger partial charge < -0.3 is 15.4 Å². The third kappa shape index (κ3) is 3.30. The van der Waals surface area contributed by atoms with Crippen molar-refractivity contribution in [3.8, 4) is 0 Å². The summed E-state index contributed by atoms with van der Waals surface area (Å²) in [5.74, 6) is -0.807. The zero-order chi connectivity index (χ0) is 16.4. The number of nitrogens with one attached hydrogen (secondary N) is 2. The van der Waals surface area contributed by atoms with E-state index in [1.165, 1.54) is 0 Å². The van der Waals surface area contributed by atoms with E-state index in [1.54, 1.807) is 0 Å². The summed E-state index contributed by atoms with van der Waals surface area (Å²) in [6.45, 7) is 8.09. The van der Waals surface area contributed by atoms with Crippen LogP contribution in [0.25, 0.3) is 10.9 Å². The van der Waals surface area contributed by atoms with Crippen molar-refractivity contribution in [2.45, 2.75) is 40.7 Å². The van der Waals surface area contributed by atoms with E-state index in [9.17, 15) is 14.7 Å². The molecule has 1 heterocycles. The maximum absolute atomic E-state index is 11.8. The van der Waals surface area contributed by atoms with Crippen LogP contribution in [0.5, 0.6) is 0 Å². The predicted molar refractivity (Wildman–Crippen MR) is 86.0 cm³/mol. The number of aryl methyl sites for hydroxylation is 2. The molecule has 0 atom stereocenters. The molecule has 0 aliphatic heterocycles. The van der Waals surface area contributed by atoms with Crippen LogP contribution in [0.1, 0.15) is 47.4 Å². The highest BCUT2D eigenvalue weighted by atomic mass is 16.4. The number of carboxylic acid groups (broad SMARTS) is 1. The summed E-state index contributed by atoms with van der Waals surface area (Å²) in [6, 6.07) is 3.94. The van der Waals surface area contributed by atoms with E-state index >= 15 is 0 Å². The first-order valence-electron chi connectivity index (χ1n) is 7.41. The Morgan fingerprint density at radius 2 is 1.95 bits per heavy atom. The van der Waals surface area contributed by atoms with E-state index in [2.05, 4.69) is 10.3 Å². The van der Waals surface area contributed by atoms with Crippen LogP contribution in [0.3, 0.4) is 0 Å². The monoisotopic (exact) mass is 302 g/mol. The maximum atomic E-state index is 11.8. The van der Waals surface area contributed by atoms with Gasteiger partial charge in [-0.05, 0) is 37.0 Å². The minimum Gasteiger partial charge on any atom is -0.477 e. The summed E-state index contributed by atoms with van der Waals surface area (Å²) in [5.41, 5.74) is 3.65. The Morgan fingerprint density at radius 3 is 2.55 bits per heavy atom. The number of amides is 1. The molecule has 0 unspecified atom stereocenters. The highest BCUT2D eigenvalue weighted by molar-refractivity contribution is 5.99. The minimum atomic E-state index is -1.01. The molecule has 1 aromatic carbocycles. The van der Waals surface area contributed by atoms with Crippen LogP contribution in [0, 0.1) is 19.8 Å². The first kappa shape index (κ1) is 16.1. The number of aromatic amines is 1. The highest BCUT2D eigenvalue weighted by Crippen LogP contribution is 2.27. The van der Waals surface area contributed by atoms with Gasteiger partial charge in [-0.15, -0.1) is 0 Å². The molecule has 0 saturated heterocycles. The van der Waals surface area contributed by atoms with Gasteiger partial charge >= 0.3 is 5.97 Å². The second kappa shape index (κ2) is 6.22. The van der Waals surface area contributed by atoms with E-state index in [1.807, 2.05) is 39.8 Å². The van der Waals surface area contributed by atoms with Crippen molar-refractivity contribution in [2.24, 2.45) is 5.92 Å². The van der Waals surface area contributed by atoms with Crippen molar-refractivity contribution in [3.63, 3.8) is 0 Å². The largest absolute Gasteiger partial charge is 0.477 e. The molecule has 0 radical (unpaired) electrons. The van der Waals surface area contributed by atoms with Gasteiger partial charge in [0.25, 0.3) is 0 Å². The zero-order valence-corrected chi connectivity index (χ0v) is 13.4. The third-order valence-electron chi connectivity index (χ3n) is 3.61. The average Bonchev–Trinajstić information content (AvgIpc) is 2.74. The van der Waals surface area contributed by atoms with E-state index in [0.717, 1.165) is 22.0 Å². The molecule has 2 rings (SSSR count). The van der Waals surface area contributed by atoms with Gasteiger partial charge in [-0.3, -0.25) is 4.79 Å². The molecule has 2 aromatic rings. The fraction of sp³-hybridized carbons (Fsp3) is 0.412. The van der Waals surface area contributed by atoms with Crippen LogP contribution in [0.15, 0.2) is 12.1 Å². The SMILES string of the molecule is Cc1cc(C)c2c(CNC(=O)CC(C)C)c(C(=O)O)[nH]c2c1. The van der Waals surface area contributed by atoms with Crippen LogP contribution in [-0.2, 0) is 11.3 Å². The summed E-state index contributed by atoms with van der Waals surface area (Å²) in [6.07, 6.45) is 0.433. The number of aromatic nitrogens is 1. The number of benzene rings is 1. The molecule has 1 aromatic heterocycles. The van der Waals surface area contributed by atoms with Gasteiger partial charge in [0.1, 0.15) is 5.69 Å². The summed E-state index contributed by atoms with van der Waals surface area (Å²) in [7, 11) is 0. The van der Waals surface area contributed by atoms with Crippen molar-refractivity contribution in [1.82, 2.24) is 10.3 Å². The van der Waals surface area contributed by atoms with Crippen LogP contribution >= 0.6 is 0 Å². The molecule has 0 bridgehead atoms. The molecule has 3 N–H and O–H groups in total. The summed E-state index contributed by atoms with van der Waals surface area (Å²) in [4.78, 5) is 26.3. The molecule has 118 valence electrons. The predicted octanol–water partition coefficient (Wildman–Crippen LogP) is 3.15. The Balaban J connectivity index is 2.40. The van der Waals surface area contributed by atoms with Crippen LogP contribution in [0.4, 0.5) is 0 Å². The number of H-pyrrole nitrogens is 1. The van der Waals surface area contributed by atoms with Crippen molar-refractivity contribution in [2.75, 3.05) is 0 Å². The highest BCUT2D eigenvalue weighted by Gasteiger charge is 2.19. The standard InChI is InChI=1S/C17H22N2O3/c1-9(2)5-14(20)18-8-12-15-11(4)6-10(3)7-13(15)19-16(12)17(21)22/h6-7,9,19H,5,8H2,1-4H3,(H,18,20)(H,21,22). The molecule has 0 aliphatic carbocycles. The molecular weight excluding hydrogens is 280 g/mol. The van der Waals surface area contributed by atoms with Crippen LogP contribution < -0.4 is 5.32 Å². The van der Waals surface area contributed by atoms with E-state index < -0.39 is 5.97 Å². The van der Waals surface area contributed by atoms with Crippen molar-refractivity contribution in [3.05, 3.63) is 34.5 Å². The topological polar surface area (TPSA) is 82.2 Å². The average molecular weight is 302 g/mol.